The van der Waals surface area contributed by atoms with Gasteiger partial charge in [0.15, 0.2) is 11.5 Å². The predicted molar refractivity (Wildman–Crippen MR) is 99.1 cm³/mol. The zero-order valence-electron chi connectivity index (χ0n) is 14.5. The summed E-state index contributed by atoms with van der Waals surface area (Å²) in [5.41, 5.74) is 1.07. The molecular formula is C19H20N2O4S. The van der Waals surface area contributed by atoms with Gasteiger partial charge >= 0.3 is 0 Å². The molecule has 0 unspecified atom stereocenters. The Hall–Kier alpha value is -2.54. The van der Waals surface area contributed by atoms with Gasteiger partial charge in [-0.25, -0.2) is 0 Å². The summed E-state index contributed by atoms with van der Waals surface area (Å²) in [6.45, 7) is 3.30. The molecule has 2 aliphatic heterocycles. The number of nitrogens with one attached hydrogen (secondary N) is 1. The number of thiophene rings is 1. The molecule has 2 aliphatic rings. The Bertz CT molecular complexity index is 848. The van der Waals surface area contributed by atoms with Gasteiger partial charge in [0.25, 0.3) is 5.91 Å². The first-order valence-corrected chi connectivity index (χ1v) is 9.51. The molecule has 1 atom stereocenters. The number of rotatable bonds is 3. The fourth-order valence-corrected chi connectivity index (χ4v) is 4.37. The van der Waals surface area contributed by atoms with Crippen LogP contribution in [0.2, 0.25) is 0 Å². The van der Waals surface area contributed by atoms with Crippen molar-refractivity contribution >= 4 is 28.2 Å². The minimum absolute atomic E-state index is 0.00370. The highest BCUT2D eigenvalue weighted by molar-refractivity contribution is 7.18. The summed E-state index contributed by atoms with van der Waals surface area (Å²) in [6.07, 6.45) is 1.89. The van der Waals surface area contributed by atoms with Crippen LogP contribution in [-0.4, -0.2) is 36.5 Å². The van der Waals surface area contributed by atoms with Crippen LogP contribution in [0, 0.1) is 0 Å². The van der Waals surface area contributed by atoms with E-state index in [1.54, 1.807) is 12.1 Å². The van der Waals surface area contributed by atoms with E-state index in [1.165, 1.54) is 18.3 Å². The average Bonchev–Trinajstić information content (AvgIpc) is 3.30. The molecule has 1 aromatic carbocycles. The molecule has 0 radical (unpaired) electrons. The number of carbonyl (C=O) groups is 2. The quantitative estimate of drug-likeness (QED) is 0.896. The maximum absolute atomic E-state index is 13.0. The number of benzene rings is 1. The number of hydrogen-bond acceptors (Lipinski definition) is 5. The minimum atomic E-state index is -0.138. The highest BCUT2D eigenvalue weighted by atomic mass is 32.1. The number of likely N-dealkylation sites (tertiary alicyclic amines) is 1. The van der Waals surface area contributed by atoms with E-state index in [2.05, 4.69) is 5.32 Å². The first-order chi connectivity index (χ1) is 12.6. The van der Waals surface area contributed by atoms with Gasteiger partial charge in [0.1, 0.15) is 13.2 Å². The number of hydrogen-bond donors (Lipinski definition) is 1. The van der Waals surface area contributed by atoms with Gasteiger partial charge in [-0.05, 0) is 42.7 Å². The Kier molecular flexibility index (Phi) is 4.55. The Morgan fingerprint density at radius 1 is 1.15 bits per heavy atom. The van der Waals surface area contributed by atoms with Crippen molar-refractivity contribution in [3.63, 3.8) is 0 Å². The van der Waals surface area contributed by atoms with E-state index < -0.39 is 0 Å². The van der Waals surface area contributed by atoms with Crippen molar-refractivity contribution in [2.24, 2.45) is 0 Å². The van der Waals surface area contributed by atoms with E-state index in [1.807, 2.05) is 23.1 Å². The standard InChI is InChI=1S/C19H20N2O4S/c1-12(22)20-18-7-6-17(26-18)19(23)21-8-2-3-14(21)13-4-5-15-16(11-13)25-10-9-24-15/h4-7,11,14H,2-3,8-10H2,1H3,(H,20,22)/t14-/m0/s1. The summed E-state index contributed by atoms with van der Waals surface area (Å²) in [5, 5.41) is 3.42. The van der Waals surface area contributed by atoms with E-state index in [0.717, 1.165) is 36.4 Å². The molecular weight excluding hydrogens is 352 g/mol. The molecule has 3 heterocycles. The first-order valence-electron chi connectivity index (χ1n) is 8.70. The minimum Gasteiger partial charge on any atom is -0.486 e. The second-order valence-corrected chi connectivity index (χ2v) is 7.49. The van der Waals surface area contributed by atoms with E-state index in [0.29, 0.717) is 23.1 Å². The van der Waals surface area contributed by atoms with Crippen LogP contribution >= 0.6 is 11.3 Å². The second kappa shape index (κ2) is 6.99. The summed E-state index contributed by atoms with van der Waals surface area (Å²) in [5.74, 6) is 1.37. The predicted octanol–water partition coefficient (Wildman–Crippen LogP) is 3.46. The lowest BCUT2D eigenvalue weighted by molar-refractivity contribution is -0.114. The van der Waals surface area contributed by atoms with E-state index >= 15 is 0 Å². The molecule has 1 fully saturated rings. The molecule has 0 spiro atoms. The van der Waals surface area contributed by atoms with Gasteiger partial charge < -0.3 is 19.7 Å². The topological polar surface area (TPSA) is 67.9 Å². The summed E-state index contributed by atoms with van der Waals surface area (Å²) in [4.78, 5) is 26.7. The molecule has 1 N–H and O–H groups in total. The molecule has 26 heavy (non-hydrogen) atoms. The molecule has 1 aromatic heterocycles. The van der Waals surface area contributed by atoms with E-state index in [-0.39, 0.29) is 17.9 Å². The Balaban J connectivity index is 1.55. The summed E-state index contributed by atoms with van der Waals surface area (Å²) < 4.78 is 11.3. The molecule has 2 aromatic rings. The maximum atomic E-state index is 13.0. The number of carbonyl (C=O) groups excluding carboxylic acids is 2. The lowest BCUT2D eigenvalue weighted by atomic mass is 10.0. The van der Waals surface area contributed by atoms with Gasteiger partial charge in [0, 0.05) is 13.5 Å². The fourth-order valence-electron chi connectivity index (χ4n) is 3.46. The molecule has 0 bridgehead atoms. The van der Waals surface area contributed by atoms with Crippen LogP contribution in [0.1, 0.15) is 41.0 Å². The lowest BCUT2D eigenvalue weighted by Gasteiger charge is -2.26. The van der Waals surface area contributed by atoms with Gasteiger partial charge in [-0.3, -0.25) is 9.59 Å². The highest BCUT2D eigenvalue weighted by Crippen LogP contribution is 2.39. The van der Waals surface area contributed by atoms with Gasteiger partial charge in [0.2, 0.25) is 5.91 Å². The number of nitrogens with zero attached hydrogens (tertiary/aromatic N) is 1. The van der Waals surface area contributed by atoms with Crippen LogP contribution in [0.5, 0.6) is 11.5 Å². The molecule has 0 aliphatic carbocycles. The van der Waals surface area contributed by atoms with Crippen molar-refractivity contribution in [2.75, 3.05) is 25.1 Å². The van der Waals surface area contributed by atoms with Crippen LogP contribution in [-0.2, 0) is 4.79 Å². The Morgan fingerprint density at radius 2 is 1.96 bits per heavy atom. The summed E-state index contributed by atoms with van der Waals surface area (Å²) in [6, 6.07) is 9.50. The molecule has 0 saturated carbocycles. The van der Waals surface area contributed by atoms with Crippen molar-refractivity contribution in [3.05, 3.63) is 40.8 Å². The van der Waals surface area contributed by atoms with Gasteiger partial charge in [-0.2, -0.15) is 0 Å². The number of fused-ring (bicyclic) bond motifs is 1. The Morgan fingerprint density at radius 3 is 2.77 bits per heavy atom. The highest BCUT2D eigenvalue weighted by Gasteiger charge is 2.32. The Labute approximate surface area is 155 Å². The summed E-state index contributed by atoms with van der Waals surface area (Å²) >= 11 is 1.31. The third kappa shape index (κ3) is 3.26. The maximum Gasteiger partial charge on any atom is 0.264 e. The average molecular weight is 372 g/mol. The number of amides is 2. The van der Waals surface area contributed by atoms with E-state index in [9.17, 15) is 9.59 Å². The van der Waals surface area contributed by atoms with Crippen molar-refractivity contribution < 1.29 is 19.1 Å². The van der Waals surface area contributed by atoms with Crippen molar-refractivity contribution in [2.45, 2.75) is 25.8 Å². The molecule has 6 nitrogen and oxygen atoms in total. The third-order valence-corrected chi connectivity index (χ3v) is 5.57. The molecule has 2 amide bonds. The fraction of sp³-hybridized carbons (Fsp3) is 0.368. The van der Waals surface area contributed by atoms with Crippen molar-refractivity contribution in [3.8, 4) is 11.5 Å². The lowest BCUT2D eigenvalue weighted by Crippen LogP contribution is -2.30. The number of anilines is 1. The number of ether oxygens (including phenoxy) is 2. The smallest absolute Gasteiger partial charge is 0.264 e. The van der Waals surface area contributed by atoms with Crippen molar-refractivity contribution in [1.82, 2.24) is 4.90 Å². The van der Waals surface area contributed by atoms with Gasteiger partial charge in [-0.15, -0.1) is 11.3 Å². The van der Waals surface area contributed by atoms with E-state index in [4.69, 9.17) is 9.47 Å². The van der Waals surface area contributed by atoms with Crippen LogP contribution in [0.4, 0.5) is 5.00 Å². The first kappa shape index (κ1) is 16.9. The van der Waals surface area contributed by atoms with Crippen LogP contribution in [0.15, 0.2) is 30.3 Å². The van der Waals surface area contributed by atoms with Crippen LogP contribution in [0.3, 0.4) is 0 Å². The zero-order valence-corrected chi connectivity index (χ0v) is 15.3. The molecule has 136 valence electrons. The second-order valence-electron chi connectivity index (χ2n) is 6.40. The molecule has 4 rings (SSSR count). The van der Waals surface area contributed by atoms with Crippen molar-refractivity contribution in [1.29, 1.82) is 0 Å². The van der Waals surface area contributed by atoms with Gasteiger partial charge in [-0.1, -0.05) is 6.07 Å². The summed E-state index contributed by atoms with van der Waals surface area (Å²) in [7, 11) is 0. The van der Waals surface area contributed by atoms with Crippen LogP contribution in [0.25, 0.3) is 0 Å². The van der Waals surface area contributed by atoms with Crippen LogP contribution < -0.4 is 14.8 Å². The third-order valence-electron chi connectivity index (χ3n) is 4.58. The zero-order chi connectivity index (χ0) is 18.1. The monoisotopic (exact) mass is 372 g/mol. The molecule has 1 saturated heterocycles. The largest absolute Gasteiger partial charge is 0.486 e. The normalized spacial score (nSPS) is 18.7. The van der Waals surface area contributed by atoms with Gasteiger partial charge in [0.05, 0.1) is 15.9 Å². The molecule has 7 heteroatoms. The SMILES string of the molecule is CC(=O)Nc1ccc(C(=O)N2CCC[C@H]2c2ccc3c(c2)OCCO3)s1.